The highest BCUT2D eigenvalue weighted by molar-refractivity contribution is 5.89. The molecule has 1 fully saturated rings. The van der Waals surface area contributed by atoms with Crippen LogP contribution in [0.4, 0.5) is 0 Å². The van der Waals surface area contributed by atoms with Crippen LogP contribution in [-0.4, -0.2) is 18.9 Å². The Morgan fingerprint density at radius 2 is 1.33 bits per heavy atom. The molecule has 154 valence electrons. The molecular formula is C26H26O4. The molecule has 1 aliphatic heterocycles. The van der Waals surface area contributed by atoms with Crippen LogP contribution in [0, 0.1) is 0 Å². The molecule has 4 nitrogen and oxygen atoms in total. The van der Waals surface area contributed by atoms with E-state index in [1.807, 2.05) is 78.9 Å². The van der Waals surface area contributed by atoms with Crippen molar-refractivity contribution in [2.45, 2.75) is 37.8 Å². The van der Waals surface area contributed by atoms with Crippen molar-refractivity contribution in [2.24, 2.45) is 0 Å². The Labute approximate surface area is 177 Å². The summed E-state index contributed by atoms with van der Waals surface area (Å²) in [5.41, 5.74) is 2.34. The molecule has 0 saturated carbocycles. The van der Waals surface area contributed by atoms with Gasteiger partial charge in [0, 0.05) is 6.61 Å². The van der Waals surface area contributed by atoms with E-state index in [0.29, 0.717) is 12.2 Å². The number of carbonyl (C=O) groups excluding carboxylic acids is 1. The van der Waals surface area contributed by atoms with Crippen molar-refractivity contribution in [3.05, 3.63) is 108 Å². The summed E-state index contributed by atoms with van der Waals surface area (Å²) in [6.45, 7) is 0.686. The number of benzene rings is 3. The van der Waals surface area contributed by atoms with Crippen molar-refractivity contribution >= 4 is 5.97 Å². The molecule has 3 aromatic rings. The van der Waals surface area contributed by atoms with Crippen molar-refractivity contribution in [1.82, 2.24) is 0 Å². The van der Waals surface area contributed by atoms with E-state index in [1.54, 1.807) is 12.1 Å². The lowest BCUT2D eigenvalue weighted by atomic mass is 9.97. The quantitative estimate of drug-likeness (QED) is 0.464. The molecule has 1 heterocycles. The Bertz CT molecular complexity index is 906. The van der Waals surface area contributed by atoms with Crippen LogP contribution < -0.4 is 0 Å². The highest BCUT2D eigenvalue weighted by Crippen LogP contribution is 2.38. The fraction of sp³-hybridized carbons (Fsp3) is 0.269. The van der Waals surface area contributed by atoms with Crippen LogP contribution in [-0.2, 0) is 14.2 Å². The lowest BCUT2D eigenvalue weighted by Crippen LogP contribution is -2.29. The van der Waals surface area contributed by atoms with Gasteiger partial charge in [0.1, 0.15) is 6.10 Å². The molecule has 0 aliphatic carbocycles. The molecule has 4 rings (SSSR count). The monoisotopic (exact) mass is 402 g/mol. The molecule has 0 amide bonds. The van der Waals surface area contributed by atoms with Gasteiger partial charge in [-0.15, -0.1) is 0 Å². The van der Waals surface area contributed by atoms with Gasteiger partial charge in [-0.1, -0.05) is 78.9 Å². The van der Waals surface area contributed by atoms with E-state index in [0.717, 1.165) is 30.4 Å². The number of ether oxygens (including phenoxy) is 3. The van der Waals surface area contributed by atoms with Crippen molar-refractivity contribution < 1.29 is 19.0 Å². The molecule has 4 heteroatoms. The second kappa shape index (κ2) is 10.2. The number of esters is 1. The molecular weight excluding hydrogens is 376 g/mol. The number of hydrogen-bond acceptors (Lipinski definition) is 4. The molecule has 0 spiro atoms. The summed E-state index contributed by atoms with van der Waals surface area (Å²) < 4.78 is 18.3. The Morgan fingerprint density at radius 1 is 0.767 bits per heavy atom. The van der Waals surface area contributed by atoms with E-state index in [-0.39, 0.29) is 12.3 Å². The largest absolute Gasteiger partial charge is 0.451 e. The van der Waals surface area contributed by atoms with Crippen molar-refractivity contribution in [1.29, 1.82) is 0 Å². The van der Waals surface area contributed by atoms with Gasteiger partial charge < -0.3 is 14.2 Å². The Morgan fingerprint density at radius 3 is 1.90 bits per heavy atom. The van der Waals surface area contributed by atoms with E-state index < -0.39 is 12.2 Å². The molecule has 1 aliphatic rings. The zero-order valence-corrected chi connectivity index (χ0v) is 16.9. The van der Waals surface area contributed by atoms with Crippen LogP contribution in [0.3, 0.4) is 0 Å². The summed E-state index contributed by atoms with van der Waals surface area (Å²) in [6, 6.07) is 28.7. The van der Waals surface area contributed by atoms with Crippen LogP contribution in [0.25, 0.3) is 0 Å². The fourth-order valence-corrected chi connectivity index (χ4v) is 3.65. The number of carbonyl (C=O) groups is 1. The molecule has 3 unspecified atom stereocenters. The lowest BCUT2D eigenvalue weighted by Gasteiger charge is -2.32. The van der Waals surface area contributed by atoms with Crippen molar-refractivity contribution in [2.75, 3.05) is 6.61 Å². The SMILES string of the molecule is O=C(OC(c1ccccc1)C(OC1CCCCO1)c1ccccc1)c1ccccc1. The van der Waals surface area contributed by atoms with Crippen LogP contribution in [0.2, 0.25) is 0 Å². The summed E-state index contributed by atoms with van der Waals surface area (Å²) >= 11 is 0. The van der Waals surface area contributed by atoms with Crippen molar-refractivity contribution in [3.8, 4) is 0 Å². The molecule has 3 aromatic carbocycles. The predicted molar refractivity (Wildman–Crippen MR) is 115 cm³/mol. The Kier molecular flexibility index (Phi) is 6.91. The van der Waals surface area contributed by atoms with Gasteiger partial charge in [-0.3, -0.25) is 0 Å². The Balaban J connectivity index is 1.67. The molecule has 0 aromatic heterocycles. The van der Waals surface area contributed by atoms with Crippen LogP contribution in [0.5, 0.6) is 0 Å². The predicted octanol–water partition coefficient (Wildman–Crippen LogP) is 5.87. The van der Waals surface area contributed by atoms with E-state index in [2.05, 4.69) is 0 Å². The molecule has 0 bridgehead atoms. The minimum absolute atomic E-state index is 0.314. The first kappa shape index (κ1) is 20.3. The third-order valence-corrected chi connectivity index (χ3v) is 5.21. The van der Waals surface area contributed by atoms with Gasteiger partial charge >= 0.3 is 5.97 Å². The van der Waals surface area contributed by atoms with E-state index >= 15 is 0 Å². The first-order valence-electron chi connectivity index (χ1n) is 10.4. The Hall–Kier alpha value is -2.95. The lowest BCUT2D eigenvalue weighted by molar-refractivity contribution is -0.210. The standard InChI is InChI=1S/C26H26O4/c27-26(22-16-8-3-9-17-22)30-25(21-14-6-2-7-15-21)24(20-12-4-1-5-13-20)29-23-18-10-11-19-28-23/h1-9,12-17,23-25H,10-11,18-19H2. The molecule has 0 N–H and O–H groups in total. The van der Waals surface area contributed by atoms with Gasteiger partial charge in [-0.05, 0) is 42.5 Å². The first-order chi connectivity index (χ1) is 14.8. The third kappa shape index (κ3) is 5.15. The average molecular weight is 402 g/mol. The number of rotatable bonds is 7. The smallest absolute Gasteiger partial charge is 0.338 e. The van der Waals surface area contributed by atoms with Gasteiger partial charge in [0.2, 0.25) is 0 Å². The summed E-state index contributed by atoms with van der Waals surface area (Å²) in [5.74, 6) is -0.376. The zero-order chi connectivity index (χ0) is 20.6. The zero-order valence-electron chi connectivity index (χ0n) is 16.9. The summed E-state index contributed by atoms with van der Waals surface area (Å²) in [7, 11) is 0. The van der Waals surface area contributed by atoms with Gasteiger partial charge in [0.05, 0.1) is 5.56 Å². The molecule has 3 atom stereocenters. The average Bonchev–Trinajstić information content (AvgIpc) is 2.83. The van der Waals surface area contributed by atoms with Crippen LogP contribution in [0.15, 0.2) is 91.0 Å². The number of hydrogen-bond donors (Lipinski definition) is 0. The highest BCUT2D eigenvalue weighted by atomic mass is 16.7. The van der Waals surface area contributed by atoms with Gasteiger partial charge in [-0.2, -0.15) is 0 Å². The van der Waals surface area contributed by atoms with E-state index in [4.69, 9.17) is 14.2 Å². The molecule has 1 saturated heterocycles. The van der Waals surface area contributed by atoms with E-state index in [9.17, 15) is 4.79 Å². The second-order valence-corrected chi connectivity index (χ2v) is 7.37. The van der Waals surface area contributed by atoms with E-state index in [1.165, 1.54) is 0 Å². The minimum atomic E-state index is -0.605. The summed E-state index contributed by atoms with van der Waals surface area (Å²) in [4.78, 5) is 12.9. The van der Waals surface area contributed by atoms with Gasteiger partial charge in [-0.25, -0.2) is 4.79 Å². The summed E-state index contributed by atoms with van der Waals surface area (Å²) in [5, 5.41) is 0. The van der Waals surface area contributed by atoms with Crippen molar-refractivity contribution in [3.63, 3.8) is 0 Å². The van der Waals surface area contributed by atoms with Gasteiger partial charge in [0.15, 0.2) is 12.4 Å². The second-order valence-electron chi connectivity index (χ2n) is 7.37. The fourth-order valence-electron chi connectivity index (χ4n) is 3.65. The maximum Gasteiger partial charge on any atom is 0.338 e. The summed E-state index contributed by atoms with van der Waals surface area (Å²) in [6.07, 6.45) is 1.53. The normalized spacial score (nSPS) is 18.3. The maximum atomic E-state index is 12.9. The van der Waals surface area contributed by atoms with Gasteiger partial charge in [0.25, 0.3) is 0 Å². The third-order valence-electron chi connectivity index (χ3n) is 5.21. The highest BCUT2D eigenvalue weighted by Gasteiger charge is 2.32. The molecule has 30 heavy (non-hydrogen) atoms. The maximum absolute atomic E-state index is 12.9. The first-order valence-corrected chi connectivity index (χ1v) is 10.4. The molecule has 0 radical (unpaired) electrons. The van der Waals surface area contributed by atoms with Crippen LogP contribution in [0.1, 0.15) is 53.0 Å². The topological polar surface area (TPSA) is 44.8 Å². The minimum Gasteiger partial charge on any atom is -0.451 e. The van der Waals surface area contributed by atoms with Crippen LogP contribution >= 0.6 is 0 Å².